The lowest BCUT2D eigenvalue weighted by Gasteiger charge is -2.28. The summed E-state index contributed by atoms with van der Waals surface area (Å²) in [6.45, 7) is 5.14. The topological polar surface area (TPSA) is 22.1 Å². The Kier molecular flexibility index (Phi) is 11.9. The lowest BCUT2D eigenvalue weighted by Crippen LogP contribution is -2.13. The van der Waals surface area contributed by atoms with Crippen LogP contribution < -0.4 is 4.74 Å². The Hall–Kier alpha value is -1.90. The lowest BCUT2D eigenvalue weighted by atomic mass is 9.77. The lowest BCUT2D eigenvalue weighted by molar-refractivity contribution is 0.301. The van der Waals surface area contributed by atoms with Crippen LogP contribution >= 0.6 is 0 Å². The van der Waals surface area contributed by atoms with Crippen molar-refractivity contribution in [2.75, 3.05) is 6.61 Å². The van der Waals surface area contributed by atoms with Crippen molar-refractivity contribution in [2.45, 2.75) is 116 Å². The van der Waals surface area contributed by atoms with Crippen LogP contribution in [0.1, 0.15) is 122 Å². The maximum absolute atomic E-state index is 14.8. The molecule has 0 amide bonds. The summed E-state index contributed by atoms with van der Waals surface area (Å²) in [4.78, 5) is 4.63. The van der Waals surface area contributed by atoms with Crippen LogP contribution in [0.5, 0.6) is 5.75 Å². The molecule has 0 aliphatic heterocycles. The molecule has 1 aliphatic rings. The van der Waals surface area contributed by atoms with Gasteiger partial charge in [0.25, 0.3) is 0 Å². The molecule has 1 heterocycles. The summed E-state index contributed by atoms with van der Waals surface area (Å²) in [6, 6.07) is 9.32. The van der Waals surface area contributed by atoms with Crippen LogP contribution in [0.2, 0.25) is 0 Å². The predicted molar refractivity (Wildman–Crippen MR) is 142 cm³/mol. The summed E-state index contributed by atoms with van der Waals surface area (Å²) < 4.78 is 20.5. The molecule has 0 atom stereocenters. The van der Waals surface area contributed by atoms with Crippen molar-refractivity contribution in [1.82, 2.24) is 4.98 Å². The van der Waals surface area contributed by atoms with E-state index in [4.69, 9.17) is 4.74 Å². The fourth-order valence-corrected chi connectivity index (χ4v) is 5.32. The molecule has 1 aromatic carbocycles. The van der Waals surface area contributed by atoms with E-state index in [1.54, 1.807) is 6.07 Å². The van der Waals surface area contributed by atoms with E-state index in [0.717, 1.165) is 12.3 Å². The molecule has 1 aromatic heterocycles. The van der Waals surface area contributed by atoms with Crippen LogP contribution in [-0.4, -0.2) is 11.6 Å². The maximum atomic E-state index is 14.8. The van der Waals surface area contributed by atoms with Gasteiger partial charge in [0, 0.05) is 17.8 Å². The molecule has 0 bridgehead atoms. The second-order valence-electron chi connectivity index (χ2n) is 10.3. The Morgan fingerprint density at radius 2 is 1.53 bits per heavy atom. The Morgan fingerprint density at radius 1 is 0.824 bits per heavy atom. The molecule has 34 heavy (non-hydrogen) atoms. The van der Waals surface area contributed by atoms with Crippen molar-refractivity contribution >= 4 is 0 Å². The second kappa shape index (κ2) is 15.2. The fraction of sp³-hybridized carbons (Fsp3) is 0.645. The summed E-state index contributed by atoms with van der Waals surface area (Å²) >= 11 is 0. The number of pyridine rings is 1. The zero-order chi connectivity index (χ0) is 24.0. The Balaban J connectivity index is 1.44. The van der Waals surface area contributed by atoms with Gasteiger partial charge in [-0.1, -0.05) is 84.1 Å². The molecule has 1 fully saturated rings. The number of ether oxygens (including phenoxy) is 1. The number of unbranched alkanes of at least 4 members (excludes halogenated alkanes) is 8. The molecular weight excluding hydrogens is 421 g/mol. The molecule has 1 aliphatic carbocycles. The highest BCUT2D eigenvalue weighted by Gasteiger charge is 2.22. The van der Waals surface area contributed by atoms with E-state index in [2.05, 4.69) is 24.9 Å². The maximum Gasteiger partial charge on any atom is 0.136 e. The average molecular weight is 468 g/mol. The first-order valence-electron chi connectivity index (χ1n) is 14.1. The third-order valence-corrected chi connectivity index (χ3v) is 7.55. The second-order valence-corrected chi connectivity index (χ2v) is 10.3. The van der Waals surface area contributed by atoms with Crippen molar-refractivity contribution in [2.24, 2.45) is 5.92 Å². The molecule has 3 heteroatoms. The highest BCUT2D eigenvalue weighted by Crippen LogP contribution is 2.38. The largest absolute Gasteiger partial charge is 0.493 e. The number of aromatic nitrogens is 1. The number of nitrogens with zero attached hydrogens (tertiary/aromatic N) is 1. The van der Waals surface area contributed by atoms with E-state index >= 15 is 0 Å². The molecule has 0 unspecified atom stereocenters. The van der Waals surface area contributed by atoms with Gasteiger partial charge in [-0.05, 0) is 67.7 Å². The molecule has 0 N–H and O–H groups in total. The third-order valence-electron chi connectivity index (χ3n) is 7.55. The summed E-state index contributed by atoms with van der Waals surface area (Å²) in [6.07, 6.45) is 21.5. The molecule has 0 saturated heterocycles. The minimum atomic E-state index is -0.261. The molecule has 1 saturated carbocycles. The van der Waals surface area contributed by atoms with E-state index in [0.29, 0.717) is 29.5 Å². The van der Waals surface area contributed by atoms with Gasteiger partial charge in [-0.15, -0.1) is 0 Å². The summed E-state index contributed by atoms with van der Waals surface area (Å²) in [5, 5.41) is 0. The van der Waals surface area contributed by atoms with E-state index < -0.39 is 0 Å². The van der Waals surface area contributed by atoms with Gasteiger partial charge in [0.15, 0.2) is 0 Å². The first-order chi connectivity index (χ1) is 16.7. The smallest absolute Gasteiger partial charge is 0.136 e. The molecule has 3 rings (SSSR count). The number of hydrogen-bond acceptors (Lipinski definition) is 2. The van der Waals surface area contributed by atoms with Gasteiger partial charge in [0.05, 0.1) is 12.3 Å². The Morgan fingerprint density at radius 3 is 2.18 bits per heavy atom. The minimum Gasteiger partial charge on any atom is -0.493 e. The molecular formula is C31H46FNO. The summed E-state index contributed by atoms with van der Waals surface area (Å²) in [5.41, 5.74) is 2.57. The number of benzene rings is 1. The van der Waals surface area contributed by atoms with Crippen molar-refractivity contribution in [3.8, 4) is 17.0 Å². The first-order valence-corrected chi connectivity index (χ1v) is 14.1. The van der Waals surface area contributed by atoms with Gasteiger partial charge in [-0.25, -0.2) is 4.39 Å². The third kappa shape index (κ3) is 8.71. The van der Waals surface area contributed by atoms with Crippen LogP contribution in [0, 0.1) is 11.7 Å². The van der Waals surface area contributed by atoms with Crippen molar-refractivity contribution in [3.63, 3.8) is 0 Å². The Bertz CT molecular complexity index is 811. The highest BCUT2D eigenvalue weighted by molar-refractivity contribution is 5.61. The average Bonchev–Trinajstić information content (AvgIpc) is 2.87. The van der Waals surface area contributed by atoms with Gasteiger partial charge in [-0.2, -0.15) is 0 Å². The van der Waals surface area contributed by atoms with Crippen LogP contribution in [0.3, 0.4) is 0 Å². The summed E-state index contributed by atoms with van der Waals surface area (Å²) in [5.74, 6) is 1.87. The van der Waals surface area contributed by atoms with Crippen molar-refractivity contribution in [3.05, 3.63) is 47.9 Å². The van der Waals surface area contributed by atoms with Gasteiger partial charge in [-0.3, -0.25) is 4.98 Å². The van der Waals surface area contributed by atoms with Gasteiger partial charge in [0.2, 0.25) is 0 Å². The van der Waals surface area contributed by atoms with E-state index in [1.807, 2.05) is 18.3 Å². The molecule has 0 spiro atoms. The van der Waals surface area contributed by atoms with Crippen LogP contribution in [0.15, 0.2) is 36.5 Å². The van der Waals surface area contributed by atoms with Crippen molar-refractivity contribution in [1.29, 1.82) is 0 Å². The van der Waals surface area contributed by atoms with Crippen LogP contribution in [-0.2, 0) is 0 Å². The molecule has 2 nitrogen and oxygen atoms in total. The van der Waals surface area contributed by atoms with E-state index in [1.165, 1.54) is 102 Å². The quantitative estimate of drug-likeness (QED) is 0.243. The van der Waals surface area contributed by atoms with Gasteiger partial charge < -0.3 is 4.74 Å². The number of hydrogen-bond donors (Lipinski definition) is 0. The van der Waals surface area contributed by atoms with E-state index in [9.17, 15) is 4.39 Å². The number of rotatable bonds is 15. The molecule has 2 aromatic rings. The van der Waals surface area contributed by atoms with Crippen LogP contribution in [0.4, 0.5) is 4.39 Å². The minimum absolute atomic E-state index is 0.261. The van der Waals surface area contributed by atoms with Gasteiger partial charge >= 0.3 is 0 Å². The zero-order valence-corrected chi connectivity index (χ0v) is 21.7. The SMILES string of the molecule is CCCCCCCOc1ccc(-c2ccc([C@H]3CC[C@H](CCCCCCC)CC3)cn2)c(F)c1. The predicted octanol–water partition coefficient (Wildman–Crippen LogP) is 9.87. The first kappa shape index (κ1) is 26.7. The monoisotopic (exact) mass is 467 g/mol. The molecule has 188 valence electrons. The fourth-order valence-electron chi connectivity index (χ4n) is 5.32. The normalized spacial score (nSPS) is 18.2. The number of halogens is 1. The summed E-state index contributed by atoms with van der Waals surface area (Å²) in [7, 11) is 0. The molecule has 0 radical (unpaired) electrons. The van der Waals surface area contributed by atoms with Crippen molar-refractivity contribution < 1.29 is 9.13 Å². The van der Waals surface area contributed by atoms with Gasteiger partial charge in [0.1, 0.15) is 11.6 Å². The highest BCUT2D eigenvalue weighted by atomic mass is 19.1. The van der Waals surface area contributed by atoms with Crippen LogP contribution in [0.25, 0.3) is 11.3 Å². The Labute approximate surface area is 207 Å². The zero-order valence-electron chi connectivity index (χ0n) is 21.7. The van der Waals surface area contributed by atoms with E-state index in [-0.39, 0.29) is 5.82 Å². The standard InChI is InChI=1S/C31H46FNO/c1-3-5-7-9-11-13-25-14-16-26(17-15-25)27-18-21-31(33-24-27)29-20-19-28(23-30(29)32)34-22-12-10-8-6-4-2/h18-21,23-26H,3-17,22H2,1-2H3/t25-,26-.